The Bertz CT molecular complexity index is 1410. The van der Waals surface area contributed by atoms with E-state index in [1.807, 2.05) is 38.1 Å². The van der Waals surface area contributed by atoms with E-state index in [2.05, 4.69) is 48.2 Å². The minimum atomic E-state index is -0.337. The number of aromatic nitrogens is 1. The Kier molecular flexibility index (Phi) is 6.93. The first-order valence-electron chi connectivity index (χ1n) is 9.95. The second-order valence-corrected chi connectivity index (χ2v) is 9.65. The van der Waals surface area contributed by atoms with E-state index < -0.39 is 0 Å². The molecule has 0 aliphatic heterocycles. The smallest absolute Gasteiger partial charge is 0.248 e. The molecule has 0 unspecified atom stereocenters. The number of hydrogen-bond donors (Lipinski definition) is 1. The summed E-state index contributed by atoms with van der Waals surface area (Å²) in [7, 11) is 1.57. The number of rotatable bonds is 5. The number of carbonyl (C=O) groups is 1. The number of nitrogens with zero attached hydrogens (tertiary/aromatic N) is 1. The molecule has 1 aromatic heterocycles. The maximum atomic E-state index is 12.6. The van der Waals surface area contributed by atoms with Gasteiger partial charge in [0, 0.05) is 21.7 Å². The van der Waals surface area contributed by atoms with E-state index in [0.29, 0.717) is 27.9 Å². The van der Waals surface area contributed by atoms with E-state index in [-0.39, 0.29) is 5.91 Å². The zero-order valence-electron chi connectivity index (χ0n) is 18.0. The molecule has 0 fully saturated rings. The average Bonchev–Trinajstić information content (AvgIpc) is 3.18. The van der Waals surface area contributed by atoms with Crippen molar-refractivity contribution < 1.29 is 13.9 Å². The maximum absolute atomic E-state index is 12.6. The molecule has 4 rings (SSSR count). The van der Waals surface area contributed by atoms with Crippen molar-refractivity contribution in [2.75, 3.05) is 12.4 Å². The zero-order valence-corrected chi connectivity index (χ0v) is 21.9. The molecular formula is C25H19Br2ClN2O3. The van der Waals surface area contributed by atoms with Crippen LogP contribution >= 0.6 is 43.5 Å². The highest BCUT2D eigenvalue weighted by molar-refractivity contribution is 9.11. The summed E-state index contributed by atoms with van der Waals surface area (Å²) in [6, 6.07) is 13.0. The number of hydrogen-bond acceptors (Lipinski definition) is 4. The second kappa shape index (κ2) is 9.71. The quantitative estimate of drug-likeness (QED) is 0.240. The molecular weight excluding hydrogens is 572 g/mol. The summed E-state index contributed by atoms with van der Waals surface area (Å²) in [5.74, 6) is 0.755. The average molecular weight is 591 g/mol. The monoisotopic (exact) mass is 588 g/mol. The highest BCUT2D eigenvalue weighted by atomic mass is 79.9. The van der Waals surface area contributed by atoms with Gasteiger partial charge in [-0.05, 0) is 83.4 Å². The molecule has 168 valence electrons. The Morgan fingerprint density at radius 2 is 1.94 bits per heavy atom. The molecule has 4 aromatic rings. The van der Waals surface area contributed by atoms with Crippen molar-refractivity contribution in [3.8, 4) is 17.2 Å². The first-order chi connectivity index (χ1) is 15.7. The fourth-order valence-electron chi connectivity index (χ4n) is 3.51. The molecule has 0 spiro atoms. The SMILES string of the molecule is COc1c(Br)cc(Br)cc1/C=C/C(=O)Nc1cc(-c2nc3cc(C)cc(C)c3o2)ccc1Cl. The van der Waals surface area contributed by atoms with Crippen molar-refractivity contribution >= 4 is 72.2 Å². The van der Waals surface area contributed by atoms with Crippen LogP contribution in [0.4, 0.5) is 5.69 Å². The topological polar surface area (TPSA) is 64.4 Å². The summed E-state index contributed by atoms with van der Waals surface area (Å²) < 4.78 is 13.0. The summed E-state index contributed by atoms with van der Waals surface area (Å²) in [5, 5.41) is 3.23. The van der Waals surface area contributed by atoms with Crippen LogP contribution in [-0.2, 0) is 4.79 Å². The van der Waals surface area contributed by atoms with Crippen LogP contribution in [0.2, 0.25) is 5.02 Å². The lowest BCUT2D eigenvalue weighted by atomic mass is 10.1. The summed E-state index contributed by atoms with van der Waals surface area (Å²) in [5.41, 5.74) is 5.58. The molecule has 1 N–H and O–H groups in total. The number of carbonyl (C=O) groups excluding carboxylic acids is 1. The second-order valence-electron chi connectivity index (χ2n) is 7.48. The maximum Gasteiger partial charge on any atom is 0.248 e. The van der Waals surface area contributed by atoms with Crippen molar-refractivity contribution in [3.63, 3.8) is 0 Å². The molecule has 3 aromatic carbocycles. The van der Waals surface area contributed by atoms with Crippen LogP contribution in [0.5, 0.6) is 5.75 Å². The van der Waals surface area contributed by atoms with Gasteiger partial charge in [-0.3, -0.25) is 4.79 Å². The molecule has 0 saturated carbocycles. The third-order valence-electron chi connectivity index (χ3n) is 4.95. The third kappa shape index (κ3) is 5.16. The normalized spacial score (nSPS) is 11.3. The van der Waals surface area contributed by atoms with Crippen LogP contribution in [0.1, 0.15) is 16.7 Å². The number of fused-ring (bicyclic) bond motifs is 1. The van der Waals surface area contributed by atoms with E-state index >= 15 is 0 Å². The Labute approximate surface area is 213 Å². The molecule has 0 atom stereocenters. The van der Waals surface area contributed by atoms with Crippen molar-refractivity contribution in [1.82, 2.24) is 4.98 Å². The summed E-state index contributed by atoms with van der Waals surface area (Å²) >= 11 is 13.2. The van der Waals surface area contributed by atoms with Crippen molar-refractivity contribution in [1.29, 1.82) is 0 Å². The number of ether oxygens (including phenoxy) is 1. The molecule has 5 nitrogen and oxygen atoms in total. The van der Waals surface area contributed by atoms with Gasteiger partial charge < -0.3 is 14.5 Å². The van der Waals surface area contributed by atoms with Crippen molar-refractivity contribution in [2.45, 2.75) is 13.8 Å². The van der Waals surface area contributed by atoms with Gasteiger partial charge in [0.1, 0.15) is 11.3 Å². The van der Waals surface area contributed by atoms with E-state index in [0.717, 1.165) is 36.7 Å². The van der Waals surface area contributed by atoms with Crippen molar-refractivity contribution in [3.05, 3.63) is 79.2 Å². The number of aryl methyl sites for hydroxylation is 2. The Hall–Kier alpha value is -2.61. The van der Waals surface area contributed by atoms with Gasteiger partial charge in [-0.15, -0.1) is 0 Å². The van der Waals surface area contributed by atoms with Crippen LogP contribution in [0.25, 0.3) is 28.6 Å². The zero-order chi connectivity index (χ0) is 23.7. The Balaban J connectivity index is 1.60. The summed E-state index contributed by atoms with van der Waals surface area (Å²) in [6.07, 6.45) is 3.10. The largest absolute Gasteiger partial charge is 0.495 e. The fourth-order valence-corrected chi connectivity index (χ4v) is 5.10. The highest BCUT2D eigenvalue weighted by Gasteiger charge is 2.14. The molecule has 0 radical (unpaired) electrons. The van der Waals surface area contributed by atoms with Gasteiger partial charge in [0.05, 0.1) is 22.3 Å². The van der Waals surface area contributed by atoms with Crippen LogP contribution in [0.3, 0.4) is 0 Å². The number of methoxy groups -OCH3 is 1. The van der Waals surface area contributed by atoms with Gasteiger partial charge in [0.2, 0.25) is 11.8 Å². The fraction of sp³-hybridized carbons (Fsp3) is 0.120. The lowest BCUT2D eigenvalue weighted by molar-refractivity contribution is -0.111. The Morgan fingerprint density at radius 1 is 1.15 bits per heavy atom. The number of amides is 1. The Morgan fingerprint density at radius 3 is 2.70 bits per heavy atom. The van der Waals surface area contributed by atoms with Crippen LogP contribution in [-0.4, -0.2) is 18.0 Å². The predicted octanol–water partition coefficient (Wildman–Crippen LogP) is 7.95. The van der Waals surface area contributed by atoms with Crippen molar-refractivity contribution in [2.24, 2.45) is 0 Å². The highest BCUT2D eigenvalue weighted by Crippen LogP contribution is 2.34. The van der Waals surface area contributed by atoms with Crippen LogP contribution in [0, 0.1) is 13.8 Å². The van der Waals surface area contributed by atoms with Gasteiger partial charge >= 0.3 is 0 Å². The molecule has 8 heteroatoms. The van der Waals surface area contributed by atoms with Crippen LogP contribution in [0.15, 0.2) is 61.9 Å². The lowest BCUT2D eigenvalue weighted by Crippen LogP contribution is -2.08. The third-order valence-corrected chi connectivity index (χ3v) is 6.32. The van der Waals surface area contributed by atoms with E-state index in [4.69, 9.17) is 20.8 Å². The molecule has 0 saturated heterocycles. The predicted molar refractivity (Wildman–Crippen MR) is 140 cm³/mol. The first kappa shape index (κ1) is 23.5. The van der Waals surface area contributed by atoms with E-state index in [1.165, 1.54) is 6.08 Å². The summed E-state index contributed by atoms with van der Waals surface area (Å²) in [4.78, 5) is 17.2. The molecule has 33 heavy (non-hydrogen) atoms. The molecule has 0 bridgehead atoms. The minimum Gasteiger partial charge on any atom is -0.495 e. The summed E-state index contributed by atoms with van der Waals surface area (Å²) in [6.45, 7) is 4.01. The van der Waals surface area contributed by atoms with Gasteiger partial charge in [0.25, 0.3) is 0 Å². The molecule has 0 aliphatic rings. The molecule has 1 amide bonds. The number of nitrogens with one attached hydrogen (secondary N) is 1. The number of benzene rings is 3. The number of halogens is 3. The molecule has 0 aliphatic carbocycles. The standard InChI is InChI=1S/C25H19Br2ClN2O3/c1-13-8-14(2)23-21(9-13)30-25(33-23)16-4-6-19(28)20(11-16)29-22(31)7-5-15-10-17(26)12-18(27)24(15)32-3/h4-12H,1-3H3,(H,29,31)/b7-5+. The first-order valence-corrected chi connectivity index (χ1v) is 11.9. The van der Waals surface area contributed by atoms with Gasteiger partial charge in [0.15, 0.2) is 5.58 Å². The van der Waals surface area contributed by atoms with Gasteiger partial charge in [-0.1, -0.05) is 33.6 Å². The lowest BCUT2D eigenvalue weighted by Gasteiger charge is -2.09. The minimum absolute atomic E-state index is 0.337. The van der Waals surface area contributed by atoms with Gasteiger partial charge in [-0.25, -0.2) is 4.98 Å². The molecule has 1 heterocycles. The van der Waals surface area contributed by atoms with E-state index in [9.17, 15) is 4.79 Å². The number of oxazole rings is 1. The van der Waals surface area contributed by atoms with Gasteiger partial charge in [-0.2, -0.15) is 0 Å². The van der Waals surface area contributed by atoms with E-state index in [1.54, 1.807) is 25.3 Å². The number of anilines is 1. The van der Waals surface area contributed by atoms with Crippen LogP contribution < -0.4 is 10.1 Å².